The van der Waals surface area contributed by atoms with Crippen LogP contribution in [0.5, 0.6) is 0 Å². The lowest BCUT2D eigenvalue weighted by Crippen LogP contribution is -2.34. The quantitative estimate of drug-likeness (QED) is 0.600. The number of nitrogens with two attached hydrogens (primary N) is 1. The number of esters is 1. The molecule has 0 aliphatic heterocycles. The third kappa shape index (κ3) is 10.8. The van der Waals surface area contributed by atoms with E-state index in [9.17, 15) is 9.59 Å². The van der Waals surface area contributed by atoms with E-state index in [0.717, 1.165) is 25.7 Å². The molecular weight excluding hydrogens is 328 g/mol. The Kier molecular flexibility index (Phi) is 14.4. The molecule has 154 valence electrons. The molecule has 0 aromatic rings. The van der Waals surface area contributed by atoms with Crippen molar-refractivity contribution >= 4 is 11.9 Å². The lowest BCUT2D eigenvalue weighted by atomic mass is 9.79. The second kappa shape index (κ2) is 15.0. The summed E-state index contributed by atoms with van der Waals surface area (Å²) in [5.41, 5.74) is 5.71. The number of hydrogen-bond acceptors (Lipinski definition) is 4. The number of carbonyl (C=O) groups is 2. The molecule has 5 heteroatoms. The summed E-state index contributed by atoms with van der Waals surface area (Å²) in [7, 11) is 1.65. The SMILES string of the molecule is CCCC(=O)NC.CCCC(CN)CC(=O)O[C@@H]1CCCCC1C(C)C. The Morgan fingerprint density at radius 3 is 2.27 bits per heavy atom. The first-order valence-corrected chi connectivity index (χ1v) is 10.5. The third-order valence-electron chi connectivity index (χ3n) is 5.13. The Bertz CT molecular complexity index is 385. The van der Waals surface area contributed by atoms with Crippen LogP contribution in [-0.4, -0.2) is 31.6 Å². The standard InChI is InChI=1S/C16H31NO2.C5H11NO/c1-4-7-13(11-17)10-16(18)19-15-9-6-5-8-14(15)12(2)3;1-3-4-5(7)6-2/h12-15H,4-11,17H2,1-3H3;3-4H2,1-2H3,(H,6,7)/t13?,14?,15-;/m1./s1. The Labute approximate surface area is 160 Å². The summed E-state index contributed by atoms with van der Waals surface area (Å²) in [4.78, 5) is 22.3. The zero-order valence-corrected chi connectivity index (χ0v) is 17.7. The fourth-order valence-electron chi connectivity index (χ4n) is 3.55. The highest BCUT2D eigenvalue weighted by Gasteiger charge is 2.30. The van der Waals surface area contributed by atoms with Crippen molar-refractivity contribution in [1.82, 2.24) is 5.32 Å². The van der Waals surface area contributed by atoms with E-state index >= 15 is 0 Å². The van der Waals surface area contributed by atoms with Gasteiger partial charge in [0.05, 0.1) is 0 Å². The summed E-state index contributed by atoms with van der Waals surface area (Å²) < 4.78 is 5.75. The van der Waals surface area contributed by atoms with Gasteiger partial charge in [0.15, 0.2) is 0 Å². The molecule has 1 amide bonds. The fraction of sp³-hybridized carbons (Fsp3) is 0.905. The minimum Gasteiger partial charge on any atom is -0.462 e. The average Bonchev–Trinajstić information content (AvgIpc) is 2.62. The van der Waals surface area contributed by atoms with Crippen LogP contribution in [0.2, 0.25) is 0 Å². The smallest absolute Gasteiger partial charge is 0.306 e. The average molecular weight is 371 g/mol. The van der Waals surface area contributed by atoms with Gasteiger partial charge in [0.2, 0.25) is 5.91 Å². The summed E-state index contributed by atoms with van der Waals surface area (Å²) in [6.07, 6.45) is 9.01. The van der Waals surface area contributed by atoms with E-state index in [-0.39, 0.29) is 18.0 Å². The lowest BCUT2D eigenvalue weighted by Gasteiger charge is -2.34. The molecule has 1 aliphatic rings. The maximum absolute atomic E-state index is 12.0. The number of ether oxygens (including phenoxy) is 1. The van der Waals surface area contributed by atoms with Crippen LogP contribution >= 0.6 is 0 Å². The highest BCUT2D eigenvalue weighted by atomic mass is 16.5. The van der Waals surface area contributed by atoms with Gasteiger partial charge in [0, 0.05) is 19.9 Å². The van der Waals surface area contributed by atoms with Gasteiger partial charge < -0.3 is 15.8 Å². The minimum absolute atomic E-state index is 0.0403. The van der Waals surface area contributed by atoms with E-state index in [1.54, 1.807) is 7.05 Å². The van der Waals surface area contributed by atoms with E-state index in [1.165, 1.54) is 19.3 Å². The summed E-state index contributed by atoms with van der Waals surface area (Å²) in [5.74, 6) is 1.52. The topological polar surface area (TPSA) is 81.4 Å². The molecule has 3 N–H and O–H groups in total. The molecule has 26 heavy (non-hydrogen) atoms. The molecule has 1 saturated carbocycles. The molecule has 0 spiro atoms. The summed E-state index contributed by atoms with van der Waals surface area (Å²) in [6.45, 7) is 9.16. The Hall–Kier alpha value is -1.10. The maximum atomic E-state index is 12.0. The van der Waals surface area contributed by atoms with Crippen LogP contribution in [0.4, 0.5) is 0 Å². The number of amides is 1. The first-order valence-electron chi connectivity index (χ1n) is 10.5. The second-order valence-electron chi connectivity index (χ2n) is 7.74. The monoisotopic (exact) mass is 370 g/mol. The van der Waals surface area contributed by atoms with Crippen LogP contribution in [0.3, 0.4) is 0 Å². The molecule has 3 atom stereocenters. The zero-order valence-electron chi connectivity index (χ0n) is 17.7. The number of carbonyl (C=O) groups excluding carboxylic acids is 2. The molecule has 1 fully saturated rings. The van der Waals surface area contributed by atoms with Crippen LogP contribution < -0.4 is 11.1 Å². The minimum atomic E-state index is -0.0403. The van der Waals surface area contributed by atoms with Gasteiger partial charge in [-0.25, -0.2) is 0 Å². The van der Waals surface area contributed by atoms with E-state index in [2.05, 4.69) is 26.1 Å². The number of rotatable bonds is 9. The van der Waals surface area contributed by atoms with Crippen molar-refractivity contribution in [3.63, 3.8) is 0 Å². The largest absolute Gasteiger partial charge is 0.462 e. The van der Waals surface area contributed by atoms with E-state index in [4.69, 9.17) is 10.5 Å². The molecular formula is C21H42N2O3. The van der Waals surface area contributed by atoms with Gasteiger partial charge in [0.1, 0.15) is 6.10 Å². The second-order valence-corrected chi connectivity index (χ2v) is 7.74. The van der Waals surface area contributed by atoms with Crippen LogP contribution in [0.1, 0.15) is 85.5 Å². The third-order valence-corrected chi connectivity index (χ3v) is 5.13. The highest BCUT2D eigenvalue weighted by Crippen LogP contribution is 2.32. The van der Waals surface area contributed by atoms with E-state index in [0.29, 0.717) is 37.1 Å². The Balaban J connectivity index is 0.000000758. The van der Waals surface area contributed by atoms with Crippen molar-refractivity contribution in [2.24, 2.45) is 23.5 Å². The lowest BCUT2D eigenvalue weighted by molar-refractivity contribution is -0.156. The van der Waals surface area contributed by atoms with Gasteiger partial charge >= 0.3 is 5.97 Å². The molecule has 5 nitrogen and oxygen atoms in total. The number of nitrogens with one attached hydrogen (secondary N) is 1. The van der Waals surface area contributed by atoms with Crippen molar-refractivity contribution in [2.45, 2.75) is 91.6 Å². The number of hydrogen-bond donors (Lipinski definition) is 2. The van der Waals surface area contributed by atoms with Crippen molar-refractivity contribution in [2.75, 3.05) is 13.6 Å². The van der Waals surface area contributed by atoms with Gasteiger partial charge in [0.25, 0.3) is 0 Å². The van der Waals surface area contributed by atoms with Crippen molar-refractivity contribution in [1.29, 1.82) is 0 Å². The molecule has 0 heterocycles. The summed E-state index contributed by atoms with van der Waals surface area (Å²) >= 11 is 0. The highest BCUT2D eigenvalue weighted by molar-refractivity contribution is 5.75. The molecule has 0 aromatic carbocycles. The van der Waals surface area contributed by atoms with Crippen LogP contribution in [-0.2, 0) is 14.3 Å². The van der Waals surface area contributed by atoms with Gasteiger partial charge in [-0.1, -0.05) is 40.5 Å². The van der Waals surface area contributed by atoms with E-state index in [1.807, 2.05) is 6.92 Å². The Morgan fingerprint density at radius 2 is 1.81 bits per heavy atom. The van der Waals surface area contributed by atoms with E-state index < -0.39 is 0 Å². The molecule has 0 bridgehead atoms. The van der Waals surface area contributed by atoms with Crippen LogP contribution in [0.15, 0.2) is 0 Å². The van der Waals surface area contributed by atoms with Gasteiger partial charge in [-0.2, -0.15) is 0 Å². The molecule has 0 aromatic heterocycles. The van der Waals surface area contributed by atoms with Gasteiger partial charge in [-0.15, -0.1) is 0 Å². The predicted octanol–water partition coefficient (Wildman–Crippen LogP) is 4.04. The van der Waals surface area contributed by atoms with Crippen LogP contribution in [0.25, 0.3) is 0 Å². The van der Waals surface area contributed by atoms with Crippen molar-refractivity contribution in [3.05, 3.63) is 0 Å². The Morgan fingerprint density at radius 1 is 1.15 bits per heavy atom. The zero-order chi connectivity index (χ0) is 19.9. The molecule has 0 radical (unpaired) electrons. The fourth-order valence-corrected chi connectivity index (χ4v) is 3.55. The summed E-state index contributed by atoms with van der Waals surface area (Å²) in [6, 6.07) is 0. The molecule has 1 rings (SSSR count). The normalized spacial score (nSPS) is 20.7. The molecule has 0 saturated heterocycles. The molecule has 2 unspecified atom stereocenters. The summed E-state index contributed by atoms with van der Waals surface area (Å²) in [5, 5.41) is 2.53. The van der Waals surface area contributed by atoms with Crippen LogP contribution in [0, 0.1) is 17.8 Å². The van der Waals surface area contributed by atoms with Crippen molar-refractivity contribution in [3.8, 4) is 0 Å². The molecule has 1 aliphatic carbocycles. The predicted molar refractivity (Wildman–Crippen MR) is 108 cm³/mol. The van der Waals surface area contributed by atoms with Gasteiger partial charge in [-0.3, -0.25) is 9.59 Å². The first-order chi connectivity index (χ1) is 12.4. The maximum Gasteiger partial charge on any atom is 0.306 e. The van der Waals surface area contributed by atoms with Gasteiger partial charge in [-0.05, 0) is 56.4 Å². The van der Waals surface area contributed by atoms with Crippen molar-refractivity contribution < 1.29 is 14.3 Å². The first kappa shape index (κ1) is 24.9.